The first-order valence-electron chi connectivity index (χ1n) is 9.51. The van der Waals surface area contributed by atoms with Gasteiger partial charge in [-0.2, -0.15) is 0 Å². The van der Waals surface area contributed by atoms with Gasteiger partial charge in [-0.1, -0.05) is 0 Å². The Morgan fingerprint density at radius 1 is 1.04 bits per heavy atom. The van der Waals surface area contributed by atoms with Crippen molar-refractivity contribution in [2.75, 3.05) is 13.1 Å². The number of carbonyl (C=O) groups excluding carboxylic acids is 1. The Bertz CT molecular complexity index is 1010. The summed E-state index contributed by atoms with van der Waals surface area (Å²) in [5.41, 5.74) is 3.44. The highest BCUT2D eigenvalue weighted by atomic mass is 32.1. The Morgan fingerprint density at radius 2 is 1.82 bits per heavy atom. The van der Waals surface area contributed by atoms with Crippen LogP contribution in [0.2, 0.25) is 0 Å². The van der Waals surface area contributed by atoms with Crippen molar-refractivity contribution >= 4 is 17.2 Å². The van der Waals surface area contributed by atoms with Crippen molar-refractivity contribution in [1.29, 1.82) is 0 Å². The maximum atomic E-state index is 12.8. The summed E-state index contributed by atoms with van der Waals surface area (Å²) < 4.78 is 0. The van der Waals surface area contributed by atoms with Crippen LogP contribution in [-0.2, 0) is 0 Å². The third-order valence-corrected chi connectivity index (χ3v) is 6.53. The highest BCUT2D eigenvalue weighted by Gasteiger charge is 2.28. The van der Waals surface area contributed by atoms with E-state index in [2.05, 4.69) is 15.0 Å². The minimum atomic E-state index is 0.0801. The molecule has 0 atom stereocenters. The summed E-state index contributed by atoms with van der Waals surface area (Å²) in [7, 11) is 0. The van der Waals surface area contributed by atoms with E-state index in [0.717, 1.165) is 58.7 Å². The number of carbonyl (C=O) groups is 1. The Labute approximate surface area is 168 Å². The molecule has 1 fully saturated rings. The first-order chi connectivity index (χ1) is 13.5. The number of thiazole rings is 1. The molecule has 0 bridgehead atoms. The van der Waals surface area contributed by atoms with Crippen LogP contribution in [0.5, 0.6) is 0 Å². The average Bonchev–Trinajstić information content (AvgIpc) is 3.10. The van der Waals surface area contributed by atoms with Crippen LogP contribution < -0.4 is 0 Å². The molecule has 0 spiro atoms. The van der Waals surface area contributed by atoms with Crippen molar-refractivity contribution in [3.05, 3.63) is 58.4 Å². The molecule has 28 heavy (non-hydrogen) atoms. The van der Waals surface area contributed by atoms with E-state index in [1.54, 1.807) is 23.7 Å². The zero-order chi connectivity index (χ0) is 19.7. The molecule has 144 valence electrons. The number of hydrogen-bond donors (Lipinski definition) is 0. The molecule has 1 amide bonds. The van der Waals surface area contributed by atoms with Gasteiger partial charge >= 0.3 is 0 Å². The predicted octanol–water partition coefficient (Wildman–Crippen LogP) is 3.94. The Morgan fingerprint density at radius 3 is 2.54 bits per heavy atom. The minimum Gasteiger partial charge on any atom is -0.339 e. The highest BCUT2D eigenvalue weighted by Crippen LogP contribution is 2.36. The second-order valence-corrected chi connectivity index (χ2v) is 8.19. The molecule has 4 heterocycles. The average molecular weight is 394 g/mol. The van der Waals surface area contributed by atoms with Gasteiger partial charge in [-0.05, 0) is 51.8 Å². The summed E-state index contributed by atoms with van der Waals surface area (Å²) in [5.74, 6) is 1.24. The van der Waals surface area contributed by atoms with Crippen LogP contribution in [0.4, 0.5) is 0 Å². The number of aromatic nitrogens is 4. The molecule has 4 rings (SSSR count). The SMILES string of the molecule is Cc1nccc(-c2sc(C3CCN(C(=O)c4cccnc4C)CC3)nc2C)n1. The zero-order valence-electron chi connectivity index (χ0n) is 16.3. The van der Waals surface area contributed by atoms with Gasteiger partial charge < -0.3 is 4.90 Å². The van der Waals surface area contributed by atoms with Gasteiger partial charge in [0.25, 0.3) is 5.91 Å². The van der Waals surface area contributed by atoms with E-state index in [9.17, 15) is 4.79 Å². The van der Waals surface area contributed by atoms with E-state index in [1.807, 2.05) is 43.9 Å². The van der Waals surface area contributed by atoms with E-state index in [4.69, 9.17) is 4.98 Å². The van der Waals surface area contributed by atoms with E-state index < -0.39 is 0 Å². The fourth-order valence-electron chi connectivity index (χ4n) is 3.62. The van der Waals surface area contributed by atoms with Crippen molar-refractivity contribution < 1.29 is 4.79 Å². The van der Waals surface area contributed by atoms with Crippen molar-refractivity contribution in [3.8, 4) is 10.6 Å². The fraction of sp³-hybridized carbons (Fsp3) is 0.381. The quantitative estimate of drug-likeness (QED) is 0.674. The number of nitrogens with zero attached hydrogens (tertiary/aromatic N) is 5. The lowest BCUT2D eigenvalue weighted by molar-refractivity contribution is 0.0711. The summed E-state index contributed by atoms with van der Waals surface area (Å²) >= 11 is 1.72. The van der Waals surface area contributed by atoms with E-state index in [-0.39, 0.29) is 5.91 Å². The second-order valence-electron chi connectivity index (χ2n) is 7.16. The van der Waals surface area contributed by atoms with Gasteiger partial charge in [-0.3, -0.25) is 9.78 Å². The maximum absolute atomic E-state index is 12.8. The molecule has 0 radical (unpaired) electrons. The van der Waals surface area contributed by atoms with Gasteiger partial charge in [-0.25, -0.2) is 15.0 Å². The van der Waals surface area contributed by atoms with Crippen LogP contribution in [0.3, 0.4) is 0 Å². The fourth-order valence-corrected chi connectivity index (χ4v) is 4.83. The lowest BCUT2D eigenvalue weighted by Crippen LogP contribution is -2.38. The summed E-state index contributed by atoms with van der Waals surface area (Å²) in [6.07, 6.45) is 5.38. The highest BCUT2D eigenvalue weighted by molar-refractivity contribution is 7.15. The first kappa shape index (κ1) is 18.7. The largest absolute Gasteiger partial charge is 0.339 e. The van der Waals surface area contributed by atoms with Gasteiger partial charge in [0.15, 0.2) is 0 Å². The monoisotopic (exact) mass is 393 g/mol. The maximum Gasteiger partial charge on any atom is 0.255 e. The van der Waals surface area contributed by atoms with Crippen LogP contribution >= 0.6 is 11.3 Å². The molecule has 1 saturated heterocycles. The van der Waals surface area contributed by atoms with Crippen LogP contribution in [0.15, 0.2) is 30.6 Å². The standard InChI is InChI=1S/C21H23N5OS/c1-13-17(5-4-9-22-13)21(27)26-11-7-16(8-12-26)20-24-14(2)19(28-20)18-6-10-23-15(3)25-18/h4-6,9-10,16H,7-8,11-12H2,1-3H3. The van der Waals surface area contributed by atoms with Crippen LogP contribution in [0.1, 0.15) is 51.3 Å². The lowest BCUT2D eigenvalue weighted by atomic mass is 9.97. The molecular formula is C21H23N5OS. The second kappa shape index (κ2) is 7.75. The molecule has 1 aliphatic rings. The van der Waals surface area contributed by atoms with E-state index >= 15 is 0 Å². The molecule has 0 aliphatic carbocycles. The predicted molar refractivity (Wildman–Crippen MR) is 109 cm³/mol. The Hall–Kier alpha value is -2.67. The summed E-state index contributed by atoms with van der Waals surface area (Å²) in [5, 5.41) is 1.15. The van der Waals surface area contributed by atoms with Gasteiger partial charge in [0, 0.05) is 37.1 Å². The zero-order valence-corrected chi connectivity index (χ0v) is 17.2. The van der Waals surface area contributed by atoms with Gasteiger partial charge in [-0.15, -0.1) is 11.3 Å². The van der Waals surface area contributed by atoms with Gasteiger partial charge in [0.1, 0.15) is 5.82 Å². The number of likely N-dealkylation sites (tertiary alicyclic amines) is 1. The Kier molecular flexibility index (Phi) is 5.17. The van der Waals surface area contributed by atoms with Gasteiger partial charge in [0.2, 0.25) is 0 Å². The molecular weight excluding hydrogens is 370 g/mol. The summed E-state index contributed by atoms with van der Waals surface area (Å²) in [4.78, 5) is 33.6. The van der Waals surface area contributed by atoms with Crippen LogP contribution in [0.25, 0.3) is 10.6 Å². The summed E-state index contributed by atoms with van der Waals surface area (Å²) in [6, 6.07) is 5.62. The molecule has 0 unspecified atom stereocenters. The number of hydrogen-bond acceptors (Lipinski definition) is 6. The van der Waals surface area contributed by atoms with Crippen molar-refractivity contribution in [2.45, 2.75) is 39.5 Å². The van der Waals surface area contributed by atoms with Crippen molar-refractivity contribution in [2.24, 2.45) is 0 Å². The smallest absolute Gasteiger partial charge is 0.255 e. The molecule has 3 aromatic rings. The third-order valence-electron chi connectivity index (χ3n) is 5.19. The molecule has 3 aromatic heterocycles. The minimum absolute atomic E-state index is 0.0801. The van der Waals surface area contributed by atoms with Crippen LogP contribution in [0, 0.1) is 20.8 Å². The number of aryl methyl sites for hydroxylation is 3. The molecule has 7 heteroatoms. The number of piperidine rings is 1. The number of rotatable bonds is 3. The van der Waals surface area contributed by atoms with Crippen LogP contribution in [-0.4, -0.2) is 43.8 Å². The lowest BCUT2D eigenvalue weighted by Gasteiger charge is -2.31. The van der Waals surface area contributed by atoms with Crippen molar-refractivity contribution in [3.63, 3.8) is 0 Å². The topological polar surface area (TPSA) is 71.9 Å². The molecule has 0 saturated carbocycles. The Balaban J connectivity index is 1.47. The number of pyridine rings is 1. The van der Waals surface area contributed by atoms with Crippen molar-refractivity contribution in [1.82, 2.24) is 24.8 Å². The third kappa shape index (κ3) is 3.67. The molecule has 6 nitrogen and oxygen atoms in total. The summed E-state index contributed by atoms with van der Waals surface area (Å²) in [6.45, 7) is 7.32. The van der Waals surface area contributed by atoms with Gasteiger partial charge in [0.05, 0.1) is 26.8 Å². The molecule has 0 aromatic carbocycles. The number of amides is 1. The molecule has 1 aliphatic heterocycles. The van der Waals surface area contributed by atoms with E-state index in [0.29, 0.717) is 11.5 Å². The normalized spacial score (nSPS) is 15.0. The first-order valence-corrected chi connectivity index (χ1v) is 10.3. The van der Waals surface area contributed by atoms with E-state index in [1.165, 1.54) is 0 Å². The molecule has 0 N–H and O–H groups in total.